The van der Waals surface area contributed by atoms with E-state index in [1.807, 2.05) is 37.9 Å². The third kappa shape index (κ3) is 2.68. The van der Waals surface area contributed by atoms with Crippen molar-refractivity contribution in [2.75, 3.05) is 19.2 Å². The van der Waals surface area contributed by atoms with E-state index < -0.39 is 23.3 Å². The Balaban J connectivity index is 1.56. The van der Waals surface area contributed by atoms with E-state index in [4.69, 9.17) is 25.8 Å². The first-order chi connectivity index (χ1) is 15.1. The zero-order valence-electron chi connectivity index (χ0n) is 18.6. The summed E-state index contributed by atoms with van der Waals surface area (Å²) in [7, 11) is 2.58. The van der Waals surface area contributed by atoms with Crippen LogP contribution in [0.4, 0.5) is 15.3 Å². The number of ether oxygens (including phenoxy) is 3. The number of hydrazine groups is 1. The molecule has 5 aliphatic rings. The summed E-state index contributed by atoms with van der Waals surface area (Å²) < 4.78 is 16.5. The zero-order chi connectivity index (χ0) is 23.0. The van der Waals surface area contributed by atoms with Crippen LogP contribution in [0.2, 0.25) is 5.02 Å². The average molecular weight is 464 g/mol. The second-order valence-electron chi connectivity index (χ2n) is 9.55. The largest absolute Gasteiger partial charge is 0.452 e. The number of nitrogens with zero attached hydrogens (tertiary/aromatic N) is 5. The summed E-state index contributed by atoms with van der Waals surface area (Å²) in [4.78, 5) is 25.1. The molecule has 6 rings (SSSR count). The third-order valence-electron chi connectivity index (χ3n) is 6.81. The molecule has 32 heavy (non-hydrogen) atoms. The number of hydrogen-bond acceptors (Lipinski definition) is 8. The van der Waals surface area contributed by atoms with E-state index in [1.54, 1.807) is 12.1 Å². The van der Waals surface area contributed by atoms with Crippen LogP contribution in [0.1, 0.15) is 27.2 Å². The van der Waals surface area contributed by atoms with Gasteiger partial charge in [-0.05, 0) is 45.0 Å². The molecule has 6 unspecified atom stereocenters. The number of benzene rings is 1. The molecule has 0 aromatic heterocycles. The molecule has 3 aliphatic carbocycles. The molecule has 0 N–H and O–H groups in total. The van der Waals surface area contributed by atoms with Crippen LogP contribution < -0.4 is 5.01 Å². The zero-order valence-corrected chi connectivity index (χ0v) is 19.3. The smallest absolute Gasteiger partial charge is 0.429 e. The lowest BCUT2D eigenvalue weighted by Crippen LogP contribution is -2.92. The summed E-state index contributed by atoms with van der Waals surface area (Å²) in [5, 5.41) is 14.3. The minimum absolute atomic E-state index is 0.144. The fraction of sp³-hybridized carbons (Fsp3) is 0.619. The topological polar surface area (TPSA) is 96.3 Å². The summed E-state index contributed by atoms with van der Waals surface area (Å²) in [5.41, 5.74) is -0.167. The fourth-order valence-electron chi connectivity index (χ4n) is 5.74. The van der Waals surface area contributed by atoms with Gasteiger partial charge in [-0.3, -0.25) is 0 Å². The molecule has 1 aromatic carbocycles. The molecule has 0 radical (unpaired) electrons. The van der Waals surface area contributed by atoms with E-state index in [0.717, 1.165) is 5.69 Å². The van der Waals surface area contributed by atoms with Gasteiger partial charge in [0.05, 0.1) is 43.7 Å². The number of halogens is 1. The highest BCUT2D eigenvalue weighted by Crippen LogP contribution is 2.64. The molecule has 6 atom stereocenters. The van der Waals surface area contributed by atoms with Gasteiger partial charge < -0.3 is 14.2 Å². The summed E-state index contributed by atoms with van der Waals surface area (Å²) in [6.07, 6.45) is -0.969. The van der Waals surface area contributed by atoms with Crippen LogP contribution in [0.3, 0.4) is 0 Å². The minimum Gasteiger partial charge on any atom is -0.452 e. The first-order valence-electron chi connectivity index (χ1n) is 10.5. The molecule has 2 aliphatic heterocycles. The number of carbonyl (C=O) groups excluding carboxylic acids is 2. The van der Waals surface area contributed by atoms with Crippen molar-refractivity contribution in [3.05, 3.63) is 29.3 Å². The van der Waals surface area contributed by atoms with E-state index in [9.17, 15) is 9.59 Å². The molecule has 1 spiro atoms. The van der Waals surface area contributed by atoms with E-state index >= 15 is 0 Å². The maximum Gasteiger partial charge on any atom is 0.429 e. The van der Waals surface area contributed by atoms with Crippen LogP contribution in [0.15, 0.2) is 34.6 Å². The molecule has 10 nitrogen and oxygen atoms in total. The Labute approximate surface area is 191 Å². The van der Waals surface area contributed by atoms with Crippen LogP contribution in [0.5, 0.6) is 0 Å². The van der Waals surface area contributed by atoms with Crippen LogP contribution in [-0.4, -0.2) is 71.8 Å². The molecule has 11 heteroatoms. The van der Waals surface area contributed by atoms with Gasteiger partial charge in [-0.25, -0.2) is 24.6 Å². The summed E-state index contributed by atoms with van der Waals surface area (Å²) in [5.74, 6) is -0.144. The third-order valence-corrected chi connectivity index (χ3v) is 7.06. The van der Waals surface area contributed by atoms with E-state index in [2.05, 4.69) is 10.3 Å². The van der Waals surface area contributed by atoms with Crippen LogP contribution >= 0.6 is 11.6 Å². The Kier molecular flexibility index (Phi) is 4.62. The molecule has 172 valence electrons. The van der Waals surface area contributed by atoms with Gasteiger partial charge >= 0.3 is 12.2 Å². The molecule has 4 fully saturated rings. The minimum atomic E-state index is -0.616. The number of methoxy groups -OCH3 is 2. The lowest BCUT2D eigenvalue weighted by molar-refractivity contribution is -0.292. The highest BCUT2D eigenvalue weighted by atomic mass is 35.5. The highest BCUT2D eigenvalue weighted by Gasteiger charge is 2.81. The van der Waals surface area contributed by atoms with Gasteiger partial charge in [-0.2, -0.15) is 5.11 Å². The quantitative estimate of drug-likeness (QED) is 0.664. The van der Waals surface area contributed by atoms with Crippen molar-refractivity contribution < 1.29 is 23.8 Å². The molecule has 2 heterocycles. The summed E-state index contributed by atoms with van der Waals surface area (Å²) >= 11 is 6.09. The van der Waals surface area contributed by atoms with Gasteiger partial charge in [0.25, 0.3) is 0 Å². The van der Waals surface area contributed by atoms with Crippen molar-refractivity contribution in [2.24, 2.45) is 16.3 Å². The SMILES string of the molecule is COC(=O)N1C2CC34C(N=NN3c3ccc(Cl)cc3)C(C2N1C(=O)OC)C4OC(C)(C)C. The fourth-order valence-corrected chi connectivity index (χ4v) is 5.87. The maximum absolute atomic E-state index is 12.6. The van der Waals surface area contributed by atoms with Gasteiger partial charge in [0.2, 0.25) is 0 Å². The van der Waals surface area contributed by atoms with Gasteiger partial charge in [-0.15, -0.1) is 0 Å². The Hall–Kier alpha value is -2.59. The Morgan fingerprint density at radius 2 is 1.72 bits per heavy atom. The molecule has 2 amide bonds. The normalized spacial score (nSPS) is 34.3. The molecule has 1 saturated heterocycles. The van der Waals surface area contributed by atoms with Crippen molar-refractivity contribution in [3.8, 4) is 0 Å². The second kappa shape index (κ2) is 6.95. The molecule has 3 saturated carbocycles. The number of carbonyl (C=O) groups is 2. The van der Waals surface area contributed by atoms with Crippen molar-refractivity contribution in [1.29, 1.82) is 0 Å². The second-order valence-corrected chi connectivity index (χ2v) is 9.99. The predicted octanol–water partition coefficient (Wildman–Crippen LogP) is 3.65. The highest BCUT2D eigenvalue weighted by molar-refractivity contribution is 6.30. The number of hydrogen-bond donors (Lipinski definition) is 0. The summed E-state index contributed by atoms with van der Waals surface area (Å²) in [6, 6.07) is 6.66. The first kappa shape index (κ1) is 21.3. The van der Waals surface area contributed by atoms with Crippen LogP contribution in [-0.2, 0) is 14.2 Å². The van der Waals surface area contributed by atoms with Crippen molar-refractivity contribution in [3.63, 3.8) is 0 Å². The van der Waals surface area contributed by atoms with E-state index in [1.165, 1.54) is 24.2 Å². The lowest BCUT2D eigenvalue weighted by Gasteiger charge is -2.73. The van der Waals surface area contributed by atoms with Crippen LogP contribution in [0, 0.1) is 5.92 Å². The number of rotatable bonds is 2. The molecule has 2 bridgehead atoms. The average Bonchev–Trinajstić information content (AvgIpc) is 3.07. The van der Waals surface area contributed by atoms with Crippen LogP contribution in [0.25, 0.3) is 0 Å². The van der Waals surface area contributed by atoms with Crippen molar-refractivity contribution in [1.82, 2.24) is 10.0 Å². The number of amides is 2. The standard InChI is InChI=1S/C21H26ClN5O5/c1-20(2,3)32-17-14-15-13(25(18(28)30-4)26(15)19(29)31-5)10-21(17)16(14)23-24-27(21)12-8-6-11(22)7-9-12/h6-9,13-17H,10H2,1-5H3. The van der Waals surface area contributed by atoms with E-state index in [0.29, 0.717) is 11.4 Å². The van der Waals surface area contributed by atoms with Crippen molar-refractivity contribution in [2.45, 2.75) is 62.6 Å². The molecular formula is C21H26ClN5O5. The Bertz CT molecular complexity index is 982. The molecule has 1 aromatic rings. The molecular weight excluding hydrogens is 438 g/mol. The first-order valence-corrected chi connectivity index (χ1v) is 10.9. The number of anilines is 1. The Morgan fingerprint density at radius 1 is 1.09 bits per heavy atom. The Morgan fingerprint density at radius 3 is 2.31 bits per heavy atom. The summed E-state index contributed by atoms with van der Waals surface area (Å²) in [6.45, 7) is 6.00. The lowest BCUT2D eigenvalue weighted by atomic mass is 9.48. The predicted molar refractivity (Wildman–Crippen MR) is 114 cm³/mol. The maximum atomic E-state index is 12.6. The van der Waals surface area contributed by atoms with Gasteiger partial charge in [0.15, 0.2) is 0 Å². The van der Waals surface area contributed by atoms with E-state index in [-0.39, 0.29) is 30.1 Å². The van der Waals surface area contributed by atoms with Gasteiger partial charge in [-0.1, -0.05) is 16.8 Å². The van der Waals surface area contributed by atoms with Crippen molar-refractivity contribution >= 4 is 29.5 Å². The van der Waals surface area contributed by atoms with Gasteiger partial charge in [0, 0.05) is 17.4 Å². The van der Waals surface area contributed by atoms with Gasteiger partial charge in [0.1, 0.15) is 11.6 Å². The monoisotopic (exact) mass is 463 g/mol.